The molecule has 1 aliphatic rings. The van der Waals surface area contributed by atoms with Crippen LogP contribution in [0.5, 0.6) is 5.75 Å². The lowest BCUT2D eigenvalue weighted by Crippen LogP contribution is -2.31. The molecule has 0 bridgehead atoms. The maximum atomic E-state index is 13.3. The number of hydrogen-bond donors (Lipinski definition) is 0. The Morgan fingerprint density at radius 2 is 1.85 bits per heavy atom. The predicted octanol–water partition coefficient (Wildman–Crippen LogP) is 3.52. The van der Waals surface area contributed by atoms with E-state index in [4.69, 9.17) is 12.7 Å². The van der Waals surface area contributed by atoms with Crippen LogP contribution >= 0.6 is 22.6 Å². The van der Waals surface area contributed by atoms with Crippen LogP contribution in [0.2, 0.25) is 0 Å². The van der Waals surface area contributed by atoms with Gasteiger partial charge < -0.3 is 9.55 Å². The van der Waals surface area contributed by atoms with Crippen LogP contribution < -0.4 is 4.74 Å². The molecule has 20 heavy (non-hydrogen) atoms. The van der Waals surface area contributed by atoms with E-state index in [0.717, 1.165) is 38.8 Å². The van der Waals surface area contributed by atoms with Gasteiger partial charge in [-0.2, -0.15) is 0 Å². The van der Waals surface area contributed by atoms with E-state index in [-0.39, 0.29) is 9.32 Å². The van der Waals surface area contributed by atoms with Crippen LogP contribution in [0, 0.1) is 21.1 Å². The Bertz CT molecular complexity index is 430. The third-order valence-electron chi connectivity index (χ3n) is 3.63. The SMILES string of the molecule is [B]N1CCC(CCCOc2cc(F)c(I)c(F)c2)CC1. The standard InChI is InChI=1S/C14H17BF2INO/c15-19-5-3-10(4-6-19)2-1-7-20-11-8-12(16)14(18)13(17)9-11/h8-10H,1-7H2. The number of benzene rings is 1. The summed E-state index contributed by atoms with van der Waals surface area (Å²) in [7, 11) is 5.71. The summed E-state index contributed by atoms with van der Waals surface area (Å²) >= 11 is 1.64. The van der Waals surface area contributed by atoms with Gasteiger partial charge in [0.05, 0.1) is 10.2 Å². The first-order valence-electron chi connectivity index (χ1n) is 6.83. The van der Waals surface area contributed by atoms with Crippen LogP contribution in [0.1, 0.15) is 25.7 Å². The molecule has 0 amide bonds. The van der Waals surface area contributed by atoms with E-state index < -0.39 is 11.6 Å². The van der Waals surface area contributed by atoms with Crippen molar-refractivity contribution in [2.24, 2.45) is 5.92 Å². The van der Waals surface area contributed by atoms with Gasteiger partial charge in [0.1, 0.15) is 17.4 Å². The lowest BCUT2D eigenvalue weighted by molar-refractivity contribution is 0.241. The van der Waals surface area contributed by atoms with E-state index in [2.05, 4.69) is 0 Å². The summed E-state index contributed by atoms with van der Waals surface area (Å²) in [6.07, 6.45) is 4.19. The van der Waals surface area contributed by atoms with Gasteiger partial charge in [0.15, 0.2) is 7.98 Å². The number of nitrogens with zero attached hydrogens (tertiary/aromatic N) is 1. The van der Waals surface area contributed by atoms with Gasteiger partial charge in [-0.1, -0.05) is 0 Å². The summed E-state index contributed by atoms with van der Waals surface area (Å²) in [4.78, 5) is 1.85. The van der Waals surface area contributed by atoms with Gasteiger partial charge in [0, 0.05) is 12.1 Å². The van der Waals surface area contributed by atoms with Gasteiger partial charge in [-0.3, -0.25) is 0 Å². The lowest BCUT2D eigenvalue weighted by Gasteiger charge is -2.29. The Morgan fingerprint density at radius 1 is 1.25 bits per heavy atom. The van der Waals surface area contributed by atoms with Gasteiger partial charge in [-0.25, -0.2) is 8.78 Å². The van der Waals surface area contributed by atoms with E-state index >= 15 is 0 Å². The van der Waals surface area contributed by atoms with E-state index in [9.17, 15) is 8.78 Å². The number of ether oxygens (including phenoxy) is 1. The Balaban J connectivity index is 1.71. The first-order valence-corrected chi connectivity index (χ1v) is 7.91. The molecule has 1 saturated heterocycles. The molecule has 0 N–H and O–H groups in total. The molecular weight excluding hydrogens is 374 g/mol. The average molecular weight is 391 g/mol. The monoisotopic (exact) mass is 391 g/mol. The van der Waals surface area contributed by atoms with Crippen molar-refractivity contribution >= 4 is 30.6 Å². The van der Waals surface area contributed by atoms with Crippen LogP contribution in [0.3, 0.4) is 0 Å². The van der Waals surface area contributed by atoms with Crippen molar-refractivity contribution in [2.45, 2.75) is 25.7 Å². The Morgan fingerprint density at radius 3 is 2.45 bits per heavy atom. The van der Waals surface area contributed by atoms with E-state index in [1.807, 2.05) is 4.81 Å². The minimum absolute atomic E-state index is 0.00324. The molecule has 0 atom stereocenters. The molecule has 0 aromatic heterocycles. The molecule has 0 saturated carbocycles. The number of halogens is 3. The third kappa shape index (κ3) is 4.58. The normalized spacial score (nSPS) is 17.4. The lowest BCUT2D eigenvalue weighted by atomic mass is 9.91. The Hall–Kier alpha value is -0.365. The summed E-state index contributed by atoms with van der Waals surface area (Å²) in [5.74, 6) is -0.201. The van der Waals surface area contributed by atoms with Crippen molar-refractivity contribution in [2.75, 3.05) is 19.7 Å². The second kappa shape index (κ2) is 7.59. The van der Waals surface area contributed by atoms with Crippen LogP contribution in [0.4, 0.5) is 8.78 Å². The quantitative estimate of drug-likeness (QED) is 0.330. The van der Waals surface area contributed by atoms with Crippen LogP contribution in [-0.2, 0) is 0 Å². The molecule has 1 aromatic rings. The molecule has 6 heteroatoms. The molecule has 0 unspecified atom stereocenters. The van der Waals surface area contributed by atoms with Gasteiger partial charge in [-0.05, 0) is 67.3 Å². The van der Waals surface area contributed by atoms with Crippen molar-refractivity contribution in [3.8, 4) is 5.75 Å². The molecule has 1 aliphatic heterocycles. The van der Waals surface area contributed by atoms with Gasteiger partial charge in [0.25, 0.3) is 0 Å². The van der Waals surface area contributed by atoms with Gasteiger partial charge in [0.2, 0.25) is 0 Å². The van der Waals surface area contributed by atoms with Crippen molar-refractivity contribution in [3.63, 3.8) is 0 Å². The van der Waals surface area contributed by atoms with Gasteiger partial charge in [-0.15, -0.1) is 0 Å². The van der Waals surface area contributed by atoms with Crippen LogP contribution in [-0.4, -0.2) is 32.5 Å². The van der Waals surface area contributed by atoms with E-state index in [1.165, 1.54) is 12.1 Å². The van der Waals surface area contributed by atoms with Crippen molar-refractivity contribution in [1.82, 2.24) is 4.81 Å². The number of piperidine rings is 1. The summed E-state index contributed by atoms with van der Waals surface area (Å²) in [5.41, 5.74) is 0. The Kier molecular flexibility index (Phi) is 6.08. The predicted molar refractivity (Wildman–Crippen MR) is 83.9 cm³/mol. The molecule has 2 radical (unpaired) electrons. The molecule has 1 heterocycles. The average Bonchev–Trinajstić information content (AvgIpc) is 2.43. The Labute approximate surface area is 133 Å². The zero-order valence-corrected chi connectivity index (χ0v) is 13.4. The van der Waals surface area contributed by atoms with Gasteiger partial charge >= 0.3 is 0 Å². The molecular formula is C14H17BF2INO. The van der Waals surface area contributed by atoms with Crippen molar-refractivity contribution < 1.29 is 13.5 Å². The third-order valence-corrected chi connectivity index (χ3v) is 4.66. The molecule has 2 rings (SSSR count). The maximum Gasteiger partial charge on any atom is 0.182 e. The van der Waals surface area contributed by atoms with Crippen molar-refractivity contribution in [3.05, 3.63) is 27.3 Å². The second-order valence-corrected chi connectivity index (χ2v) is 6.25. The summed E-state index contributed by atoms with van der Waals surface area (Å²) in [6.45, 7) is 2.38. The van der Waals surface area contributed by atoms with E-state index in [0.29, 0.717) is 12.5 Å². The molecule has 2 nitrogen and oxygen atoms in total. The fraction of sp³-hybridized carbons (Fsp3) is 0.571. The fourth-order valence-electron chi connectivity index (χ4n) is 2.42. The number of rotatable bonds is 5. The fourth-order valence-corrected chi connectivity index (χ4v) is 2.73. The van der Waals surface area contributed by atoms with Crippen molar-refractivity contribution in [1.29, 1.82) is 0 Å². The minimum Gasteiger partial charge on any atom is -0.493 e. The first-order chi connectivity index (χ1) is 9.56. The molecule has 1 fully saturated rings. The highest BCUT2D eigenvalue weighted by Crippen LogP contribution is 2.23. The summed E-state index contributed by atoms with van der Waals surface area (Å²) in [6, 6.07) is 2.47. The zero-order chi connectivity index (χ0) is 14.5. The molecule has 0 spiro atoms. The zero-order valence-electron chi connectivity index (χ0n) is 11.2. The maximum absolute atomic E-state index is 13.3. The smallest absolute Gasteiger partial charge is 0.182 e. The molecule has 1 aromatic carbocycles. The highest BCUT2D eigenvalue weighted by Gasteiger charge is 2.16. The summed E-state index contributed by atoms with van der Waals surface area (Å²) in [5, 5.41) is 0. The molecule has 108 valence electrons. The molecule has 0 aliphatic carbocycles. The van der Waals surface area contributed by atoms with Crippen LogP contribution in [0.25, 0.3) is 0 Å². The first kappa shape index (κ1) is 16.0. The minimum atomic E-state index is -0.573. The highest BCUT2D eigenvalue weighted by atomic mass is 127. The van der Waals surface area contributed by atoms with E-state index in [1.54, 1.807) is 22.6 Å². The topological polar surface area (TPSA) is 12.5 Å². The largest absolute Gasteiger partial charge is 0.493 e. The van der Waals surface area contributed by atoms with Crippen LogP contribution in [0.15, 0.2) is 12.1 Å². The number of hydrogen-bond acceptors (Lipinski definition) is 2. The highest BCUT2D eigenvalue weighted by molar-refractivity contribution is 14.1. The second-order valence-electron chi connectivity index (χ2n) is 5.17. The summed E-state index contributed by atoms with van der Waals surface area (Å²) < 4.78 is 32.1.